The van der Waals surface area contributed by atoms with Crippen LogP contribution in [0.2, 0.25) is 0 Å². The topological polar surface area (TPSA) is 24.5 Å². The van der Waals surface area contributed by atoms with Crippen molar-refractivity contribution in [3.8, 4) is 0 Å². The SMILES string of the molecule is CCN(c1c[c]ccc1)C1CNCCO1. The number of benzene rings is 1. The van der Waals surface area contributed by atoms with Gasteiger partial charge >= 0.3 is 0 Å². The number of nitrogens with one attached hydrogen (secondary N) is 1. The van der Waals surface area contributed by atoms with Crippen LogP contribution in [0.3, 0.4) is 0 Å². The second kappa shape index (κ2) is 5.14. The summed E-state index contributed by atoms with van der Waals surface area (Å²) in [7, 11) is 0. The van der Waals surface area contributed by atoms with Crippen LogP contribution in [0.25, 0.3) is 0 Å². The summed E-state index contributed by atoms with van der Waals surface area (Å²) in [5, 5.41) is 3.34. The van der Waals surface area contributed by atoms with Crippen LogP contribution < -0.4 is 10.2 Å². The molecular weight excluding hydrogens is 188 g/mol. The number of ether oxygens (including phenoxy) is 1. The smallest absolute Gasteiger partial charge is 0.142 e. The van der Waals surface area contributed by atoms with Crippen molar-refractivity contribution in [2.24, 2.45) is 0 Å². The van der Waals surface area contributed by atoms with Crippen LogP contribution in [0, 0.1) is 6.07 Å². The predicted octanol–water partition coefficient (Wildman–Crippen LogP) is 1.26. The summed E-state index contributed by atoms with van der Waals surface area (Å²) in [4.78, 5) is 2.25. The highest BCUT2D eigenvalue weighted by Crippen LogP contribution is 2.17. The molecule has 15 heavy (non-hydrogen) atoms. The molecule has 2 rings (SSSR count). The molecule has 1 aliphatic rings. The van der Waals surface area contributed by atoms with Crippen molar-refractivity contribution in [2.45, 2.75) is 13.2 Å². The van der Waals surface area contributed by atoms with E-state index in [0.717, 1.165) is 26.2 Å². The Balaban J connectivity index is 2.09. The molecule has 0 bridgehead atoms. The lowest BCUT2D eigenvalue weighted by atomic mass is 10.2. The Labute approximate surface area is 91.0 Å². The average Bonchev–Trinajstić information content (AvgIpc) is 2.33. The lowest BCUT2D eigenvalue weighted by Gasteiger charge is -2.35. The normalized spacial score (nSPS) is 21.3. The second-order valence-electron chi connectivity index (χ2n) is 3.58. The van der Waals surface area contributed by atoms with Crippen LogP contribution in [-0.4, -0.2) is 32.5 Å². The van der Waals surface area contributed by atoms with Crippen molar-refractivity contribution in [3.63, 3.8) is 0 Å². The van der Waals surface area contributed by atoms with Crippen molar-refractivity contribution < 1.29 is 4.74 Å². The van der Waals surface area contributed by atoms with E-state index >= 15 is 0 Å². The molecule has 0 aliphatic carbocycles. The van der Waals surface area contributed by atoms with Gasteiger partial charge in [-0.2, -0.15) is 0 Å². The molecule has 1 unspecified atom stereocenters. The maximum atomic E-state index is 5.73. The molecule has 1 aliphatic heterocycles. The summed E-state index contributed by atoms with van der Waals surface area (Å²) in [6, 6.07) is 11.1. The van der Waals surface area contributed by atoms with Crippen molar-refractivity contribution in [2.75, 3.05) is 31.1 Å². The minimum atomic E-state index is 0.152. The molecule has 1 fully saturated rings. The highest BCUT2D eigenvalue weighted by Gasteiger charge is 2.20. The van der Waals surface area contributed by atoms with E-state index in [-0.39, 0.29) is 6.23 Å². The van der Waals surface area contributed by atoms with Crippen LogP contribution in [-0.2, 0) is 4.74 Å². The third-order valence-corrected chi connectivity index (χ3v) is 2.62. The lowest BCUT2D eigenvalue weighted by molar-refractivity contribution is 0.0272. The van der Waals surface area contributed by atoms with Gasteiger partial charge in [0, 0.05) is 25.3 Å². The third-order valence-electron chi connectivity index (χ3n) is 2.62. The fourth-order valence-electron chi connectivity index (χ4n) is 1.87. The summed E-state index contributed by atoms with van der Waals surface area (Å²) in [5.74, 6) is 0. The molecule has 3 heteroatoms. The number of morpholine rings is 1. The van der Waals surface area contributed by atoms with Crippen LogP contribution in [0.5, 0.6) is 0 Å². The standard InChI is InChI=1S/C12H17N2O/c1-2-14(11-6-4-3-5-7-11)12-10-13-8-9-15-12/h3-4,6-7,12-13H,2,8-10H2,1H3. The molecule has 1 aromatic rings. The molecule has 1 heterocycles. The van der Waals surface area contributed by atoms with Gasteiger partial charge in [-0.05, 0) is 25.1 Å². The summed E-state index contributed by atoms with van der Waals surface area (Å²) in [5.41, 5.74) is 1.17. The lowest BCUT2D eigenvalue weighted by Crippen LogP contribution is -2.49. The predicted molar refractivity (Wildman–Crippen MR) is 60.9 cm³/mol. The number of hydrogen-bond donors (Lipinski definition) is 1. The first kappa shape index (κ1) is 10.5. The fourth-order valence-corrected chi connectivity index (χ4v) is 1.87. The van der Waals surface area contributed by atoms with E-state index in [9.17, 15) is 0 Å². The van der Waals surface area contributed by atoms with E-state index in [2.05, 4.69) is 29.3 Å². The van der Waals surface area contributed by atoms with Crippen LogP contribution in [0.1, 0.15) is 6.92 Å². The van der Waals surface area contributed by atoms with E-state index < -0.39 is 0 Å². The molecule has 3 nitrogen and oxygen atoms in total. The number of anilines is 1. The highest BCUT2D eigenvalue weighted by molar-refractivity contribution is 5.46. The van der Waals surface area contributed by atoms with Gasteiger partial charge in [0.15, 0.2) is 0 Å². The Morgan fingerprint density at radius 2 is 2.60 bits per heavy atom. The van der Waals surface area contributed by atoms with E-state index in [0.29, 0.717) is 0 Å². The first-order valence-corrected chi connectivity index (χ1v) is 5.47. The van der Waals surface area contributed by atoms with E-state index in [1.165, 1.54) is 5.69 Å². The van der Waals surface area contributed by atoms with Gasteiger partial charge in [-0.3, -0.25) is 0 Å². The van der Waals surface area contributed by atoms with Gasteiger partial charge in [-0.15, -0.1) is 0 Å². The Morgan fingerprint density at radius 1 is 1.67 bits per heavy atom. The zero-order valence-corrected chi connectivity index (χ0v) is 9.07. The van der Waals surface area contributed by atoms with Gasteiger partial charge in [-0.25, -0.2) is 0 Å². The second-order valence-corrected chi connectivity index (χ2v) is 3.58. The number of rotatable bonds is 3. The molecule has 1 radical (unpaired) electrons. The van der Waals surface area contributed by atoms with Gasteiger partial charge in [-0.1, -0.05) is 12.1 Å². The van der Waals surface area contributed by atoms with Gasteiger partial charge < -0.3 is 15.0 Å². The average molecular weight is 205 g/mol. The Bertz CT molecular complexity index is 283. The van der Waals surface area contributed by atoms with E-state index in [1.807, 2.05) is 18.2 Å². The molecule has 0 saturated carbocycles. The molecule has 1 atom stereocenters. The Hall–Kier alpha value is -1.06. The van der Waals surface area contributed by atoms with Crippen LogP contribution in [0.15, 0.2) is 24.3 Å². The summed E-state index contributed by atoms with van der Waals surface area (Å²) < 4.78 is 5.73. The van der Waals surface area contributed by atoms with Crippen molar-refractivity contribution in [3.05, 3.63) is 30.3 Å². The number of hydrogen-bond acceptors (Lipinski definition) is 3. The minimum Gasteiger partial charge on any atom is -0.356 e. The van der Waals surface area contributed by atoms with Crippen LogP contribution >= 0.6 is 0 Å². The molecule has 0 spiro atoms. The zero-order valence-electron chi connectivity index (χ0n) is 9.07. The maximum Gasteiger partial charge on any atom is 0.142 e. The van der Waals surface area contributed by atoms with Gasteiger partial charge in [0.2, 0.25) is 0 Å². The number of nitrogens with zero attached hydrogens (tertiary/aromatic N) is 1. The summed E-state index contributed by atoms with van der Waals surface area (Å²) >= 11 is 0. The van der Waals surface area contributed by atoms with E-state index in [4.69, 9.17) is 4.74 Å². The fraction of sp³-hybridized carbons (Fsp3) is 0.500. The first-order chi connectivity index (χ1) is 7.42. The first-order valence-electron chi connectivity index (χ1n) is 5.47. The molecule has 0 amide bonds. The minimum absolute atomic E-state index is 0.152. The molecule has 1 aromatic carbocycles. The van der Waals surface area contributed by atoms with Gasteiger partial charge in [0.05, 0.1) is 6.61 Å². The maximum absolute atomic E-state index is 5.73. The summed E-state index contributed by atoms with van der Waals surface area (Å²) in [6.07, 6.45) is 0.152. The quantitative estimate of drug-likeness (QED) is 0.804. The van der Waals surface area contributed by atoms with Gasteiger partial charge in [0.25, 0.3) is 0 Å². The zero-order chi connectivity index (χ0) is 10.5. The molecule has 1 N–H and O–H groups in total. The number of likely N-dealkylation sites (N-methyl/N-ethyl adjacent to an activating group) is 1. The van der Waals surface area contributed by atoms with Crippen LogP contribution in [0.4, 0.5) is 5.69 Å². The van der Waals surface area contributed by atoms with E-state index in [1.54, 1.807) is 0 Å². The third kappa shape index (κ3) is 2.49. The van der Waals surface area contributed by atoms with Crippen molar-refractivity contribution >= 4 is 5.69 Å². The highest BCUT2D eigenvalue weighted by atomic mass is 16.5. The summed E-state index contributed by atoms with van der Waals surface area (Å²) in [6.45, 7) is 5.73. The van der Waals surface area contributed by atoms with Gasteiger partial charge in [0.1, 0.15) is 6.23 Å². The van der Waals surface area contributed by atoms with Crippen molar-refractivity contribution in [1.29, 1.82) is 0 Å². The monoisotopic (exact) mass is 205 g/mol. The largest absolute Gasteiger partial charge is 0.356 e. The Morgan fingerprint density at radius 3 is 3.20 bits per heavy atom. The Kier molecular flexibility index (Phi) is 3.59. The molecule has 1 saturated heterocycles. The van der Waals surface area contributed by atoms with Crippen molar-refractivity contribution in [1.82, 2.24) is 5.32 Å². The molecule has 0 aromatic heterocycles. The molecule has 81 valence electrons. The molecular formula is C12H17N2O.